The summed E-state index contributed by atoms with van der Waals surface area (Å²) in [5.41, 5.74) is 6.72. The highest BCUT2D eigenvalue weighted by Crippen LogP contribution is 2.37. The number of nitrogens with zero attached hydrogens (tertiary/aromatic N) is 4. The number of aliphatic carboxylic acids is 1. The molecule has 3 heterocycles. The Kier molecular flexibility index (Phi) is 8.71. The molecule has 0 atom stereocenters. The number of carboxylic acids is 1. The van der Waals surface area contributed by atoms with Crippen molar-refractivity contribution in [3.8, 4) is 17.0 Å². The highest BCUT2D eigenvalue weighted by molar-refractivity contribution is 6.06. The van der Waals surface area contributed by atoms with Gasteiger partial charge in [-0.25, -0.2) is 14.6 Å². The van der Waals surface area contributed by atoms with Crippen LogP contribution in [0.4, 0.5) is 24.7 Å². The first-order chi connectivity index (χ1) is 19.5. The Balaban J connectivity index is 0.000000909. The number of carbonyl (C=O) groups is 2. The molecular weight excluding hydrogens is 543 g/mol. The minimum atomic E-state index is -4.67. The van der Waals surface area contributed by atoms with Gasteiger partial charge in [-0.1, -0.05) is 18.2 Å². The number of carbonyl (C=O) groups excluding carboxylic acids is 1. The van der Waals surface area contributed by atoms with Crippen molar-refractivity contribution in [1.82, 2.24) is 25.1 Å². The summed E-state index contributed by atoms with van der Waals surface area (Å²) in [4.78, 5) is 30.3. The van der Waals surface area contributed by atoms with E-state index in [-0.39, 0.29) is 23.3 Å². The third kappa shape index (κ3) is 6.54. The standard InChI is InChI=1S/C25H24F3N7O2.C2H4O2/c1-37-19-12-14(6-7-18(19)33-24(36)16-4-2-3-5-17(16)25(26,27)28)21-20-22(29)31-13-32-23(20)35(34-21)15-8-10-30-11-9-15;1-2(3)4/h2-7,12-13,15,30H,8-11H2,1H3,(H,33,36)(H2,29,31,32);1H3,(H,3,4). The van der Waals surface area contributed by atoms with Crippen LogP contribution in [-0.2, 0) is 11.0 Å². The number of nitrogens with one attached hydrogen (secondary N) is 2. The molecule has 4 aromatic rings. The van der Waals surface area contributed by atoms with Crippen LogP contribution in [0.2, 0.25) is 0 Å². The van der Waals surface area contributed by atoms with Gasteiger partial charge in [0.05, 0.1) is 35.4 Å². The van der Waals surface area contributed by atoms with Crippen LogP contribution in [0.5, 0.6) is 5.75 Å². The van der Waals surface area contributed by atoms with E-state index in [2.05, 4.69) is 20.6 Å². The summed E-state index contributed by atoms with van der Waals surface area (Å²) in [6, 6.07) is 9.63. The summed E-state index contributed by atoms with van der Waals surface area (Å²) in [5.74, 6) is -1.21. The lowest BCUT2D eigenvalue weighted by atomic mass is 10.1. The van der Waals surface area contributed by atoms with E-state index in [0.717, 1.165) is 45.0 Å². The van der Waals surface area contributed by atoms with Crippen molar-refractivity contribution < 1.29 is 32.6 Å². The summed E-state index contributed by atoms with van der Waals surface area (Å²) in [5, 5.41) is 18.7. The quantitative estimate of drug-likeness (QED) is 0.273. The Morgan fingerprint density at radius 3 is 2.49 bits per heavy atom. The first-order valence-electron chi connectivity index (χ1n) is 12.6. The lowest BCUT2D eigenvalue weighted by Gasteiger charge is -2.23. The highest BCUT2D eigenvalue weighted by Gasteiger charge is 2.35. The van der Waals surface area contributed by atoms with E-state index in [9.17, 15) is 18.0 Å². The van der Waals surface area contributed by atoms with Gasteiger partial charge in [0.15, 0.2) is 5.65 Å². The largest absolute Gasteiger partial charge is 0.495 e. The Hall–Kier alpha value is -4.72. The molecule has 1 aliphatic heterocycles. The van der Waals surface area contributed by atoms with Crippen LogP contribution < -0.4 is 21.1 Å². The van der Waals surface area contributed by atoms with E-state index in [1.165, 1.54) is 25.6 Å². The number of ether oxygens (including phenoxy) is 1. The zero-order chi connectivity index (χ0) is 29.7. The van der Waals surface area contributed by atoms with Crippen molar-refractivity contribution in [1.29, 1.82) is 0 Å². The number of methoxy groups -OCH3 is 1. The van der Waals surface area contributed by atoms with E-state index < -0.39 is 29.2 Å². The molecule has 0 saturated carbocycles. The molecule has 216 valence electrons. The molecule has 2 aromatic carbocycles. The number of piperidine rings is 1. The molecule has 1 fully saturated rings. The maximum absolute atomic E-state index is 13.4. The van der Waals surface area contributed by atoms with Gasteiger partial charge in [0, 0.05) is 12.5 Å². The van der Waals surface area contributed by atoms with Crippen molar-refractivity contribution in [2.24, 2.45) is 0 Å². The van der Waals surface area contributed by atoms with E-state index in [1.54, 1.807) is 18.2 Å². The van der Waals surface area contributed by atoms with E-state index in [0.29, 0.717) is 22.3 Å². The maximum Gasteiger partial charge on any atom is 0.417 e. The van der Waals surface area contributed by atoms with Crippen LogP contribution in [-0.4, -0.2) is 56.9 Å². The molecule has 1 saturated heterocycles. The minimum absolute atomic E-state index is 0.140. The maximum atomic E-state index is 13.4. The lowest BCUT2D eigenvalue weighted by molar-refractivity contribution is -0.138. The molecule has 0 unspecified atom stereocenters. The van der Waals surface area contributed by atoms with E-state index >= 15 is 0 Å². The number of benzene rings is 2. The van der Waals surface area contributed by atoms with Crippen LogP contribution in [0.1, 0.15) is 41.7 Å². The number of hydrogen-bond donors (Lipinski definition) is 4. The summed E-state index contributed by atoms with van der Waals surface area (Å²) in [7, 11) is 1.40. The van der Waals surface area contributed by atoms with Gasteiger partial charge in [-0.2, -0.15) is 18.3 Å². The van der Waals surface area contributed by atoms with E-state index in [1.807, 2.05) is 4.68 Å². The number of alkyl halides is 3. The average molecular weight is 572 g/mol. The molecule has 41 heavy (non-hydrogen) atoms. The number of aromatic nitrogens is 4. The second kappa shape index (κ2) is 12.2. The second-order valence-corrected chi connectivity index (χ2v) is 9.16. The van der Waals surface area contributed by atoms with Crippen LogP contribution in [0.15, 0.2) is 48.8 Å². The predicted molar refractivity (Wildman–Crippen MR) is 146 cm³/mol. The van der Waals surface area contributed by atoms with Crippen LogP contribution in [0.3, 0.4) is 0 Å². The van der Waals surface area contributed by atoms with Crippen molar-refractivity contribution in [2.45, 2.75) is 32.0 Å². The fourth-order valence-electron chi connectivity index (χ4n) is 4.56. The van der Waals surface area contributed by atoms with Gasteiger partial charge in [0.1, 0.15) is 23.6 Å². The number of hydrogen-bond acceptors (Lipinski definition) is 8. The zero-order valence-electron chi connectivity index (χ0n) is 22.2. The van der Waals surface area contributed by atoms with Gasteiger partial charge in [0.2, 0.25) is 0 Å². The van der Waals surface area contributed by atoms with Crippen molar-refractivity contribution in [3.05, 3.63) is 59.9 Å². The number of anilines is 2. The van der Waals surface area contributed by atoms with Crippen molar-refractivity contribution in [2.75, 3.05) is 31.2 Å². The number of amides is 1. The Bertz CT molecular complexity index is 1560. The SMILES string of the molecule is CC(=O)O.COc1cc(-c2nn(C3CCNCC3)c3ncnc(N)c23)ccc1NC(=O)c1ccccc1C(F)(F)F. The second-order valence-electron chi connectivity index (χ2n) is 9.16. The molecular formula is C27H28F3N7O4. The van der Waals surface area contributed by atoms with E-state index in [4.69, 9.17) is 25.5 Å². The fraction of sp³-hybridized carbons (Fsp3) is 0.296. The van der Waals surface area contributed by atoms with Crippen LogP contribution in [0, 0.1) is 0 Å². The number of rotatable bonds is 5. The molecule has 5 rings (SSSR count). The molecule has 0 radical (unpaired) electrons. The summed E-state index contributed by atoms with van der Waals surface area (Å²) in [6.45, 7) is 2.81. The van der Waals surface area contributed by atoms with Gasteiger partial charge >= 0.3 is 6.18 Å². The zero-order valence-corrected chi connectivity index (χ0v) is 22.2. The highest BCUT2D eigenvalue weighted by atomic mass is 19.4. The number of nitrogens with two attached hydrogens (primary N) is 1. The molecule has 0 bridgehead atoms. The minimum Gasteiger partial charge on any atom is -0.495 e. The predicted octanol–water partition coefficient (Wildman–Crippen LogP) is 4.37. The van der Waals surface area contributed by atoms with Gasteiger partial charge in [-0.3, -0.25) is 9.59 Å². The number of nitrogen functional groups attached to an aromatic ring is 1. The van der Waals surface area contributed by atoms with Gasteiger partial charge in [-0.15, -0.1) is 0 Å². The molecule has 2 aromatic heterocycles. The molecule has 5 N–H and O–H groups in total. The van der Waals surface area contributed by atoms with Crippen LogP contribution in [0.25, 0.3) is 22.3 Å². The first kappa shape index (κ1) is 29.3. The average Bonchev–Trinajstić information content (AvgIpc) is 3.34. The molecule has 0 spiro atoms. The third-order valence-electron chi connectivity index (χ3n) is 6.37. The summed E-state index contributed by atoms with van der Waals surface area (Å²) < 4.78 is 47.5. The Morgan fingerprint density at radius 1 is 1.15 bits per heavy atom. The van der Waals surface area contributed by atoms with Crippen molar-refractivity contribution >= 4 is 34.4 Å². The Morgan fingerprint density at radius 2 is 1.83 bits per heavy atom. The summed E-state index contributed by atoms with van der Waals surface area (Å²) >= 11 is 0. The molecule has 1 amide bonds. The molecule has 1 aliphatic rings. The smallest absolute Gasteiger partial charge is 0.417 e. The van der Waals surface area contributed by atoms with Crippen LogP contribution >= 0.6 is 0 Å². The summed E-state index contributed by atoms with van der Waals surface area (Å²) in [6.07, 6.45) is -1.50. The topological polar surface area (TPSA) is 157 Å². The third-order valence-corrected chi connectivity index (χ3v) is 6.37. The number of fused-ring (bicyclic) bond motifs is 1. The molecule has 14 heteroatoms. The molecule has 11 nitrogen and oxygen atoms in total. The lowest BCUT2D eigenvalue weighted by Crippen LogP contribution is -2.30. The van der Waals surface area contributed by atoms with Gasteiger partial charge < -0.3 is 26.2 Å². The number of carboxylic acid groups (broad SMARTS) is 1. The number of halogens is 3. The Labute approximate surface area is 232 Å². The monoisotopic (exact) mass is 571 g/mol. The normalized spacial score (nSPS) is 13.8. The van der Waals surface area contributed by atoms with Crippen molar-refractivity contribution in [3.63, 3.8) is 0 Å². The fourth-order valence-corrected chi connectivity index (χ4v) is 4.56. The molecule has 0 aliphatic carbocycles. The van der Waals surface area contributed by atoms with Gasteiger partial charge in [0.25, 0.3) is 11.9 Å². The first-order valence-corrected chi connectivity index (χ1v) is 12.6. The van der Waals surface area contributed by atoms with Gasteiger partial charge in [-0.05, 0) is 50.2 Å².